The van der Waals surface area contributed by atoms with Gasteiger partial charge in [-0.1, -0.05) is 43.5 Å². The maximum absolute atomic E-state index is 10.8. The summed E-state index contributed by atoms with van der Waals surface area (Å²) in [7, 11) is 0. The third-order valence-corrected chi connectivity index (χ3v) is 4.88. The molecule has 3 unspecified atom stereocenters. The first-order valence-corrected chi connectivity index (χ1v) is 8.13. The third kappa shape index (κ3) is 3.14. The molecule has 0 saturated heterocycles. The molecule has 0 spiro atoms. The topological polar surface area (TPSA) is 37.3 Å². The molecular weight excluding hydrogens is 268 g/mol. The second kappa shape index (κ2) is 6.18. The molecule has 100 valence electrons. The van der Waals surface area contributed by atoms with E-state index in [1.54, 1.807) is 0 Å². The number of hydrogen-bond donors (Lipinski definition) is 1. The van der Waals surface area contributed by atoms with Gasteiger partial charge in [-0.2, -0.15) is 0 Å². The first kappa shape index (κ1) is 14.0. The van der Waals surface area contributed by atoms with E-state index >= 15 is 0 Å². The normalized spacial score (nSPS) is 25.3. The van der Waals surface area contributed by atoms with Crippen molar-refractivity contribution in [3.8, 4) is 0 Å². The molecule has 0 aliphatic heterocycles. The van der Waals surface area contributed by atoms with Crippen LogP contribution in [0.5, 0.6) is 0 Å². The molecular formula is C14H19ClO2S. The third-order valence-electron chi connectivity index (χ3n) is 3.97. The molecule has 0 heterocycles. The molecule has 4 heteroatoms. The average molecular weight is 287 g/mol. The minimum Gasteiger partial charge on any atom is -0.306 e. The van der Waals surface area contributed by atoms with Crippen LogP contribution < -0.4 is 0 Å². The monoisotopic (exact) mass is 286 g/mol. The van der Waals surface area contributed by atoms with Gasteiger partial charge in [0.1, 0.15) is 0 Å². The Morgan fingerprint density at radius 2 is 2.22 bits per heavy atom. The Kier molecular flexibility index (Phi) is 4.82. The van der Waals surface area contributed by atoms with Crippen LogP contribution in [-0.4, -0.2) is 8.76 Å². The van der Waals surface area contributed by atoms with E-state index in [1.165, 1.54) is 31.2 Å². The first-order chi connectivity index (χ1) is 8.61. The summed E-state index contributed by atoms with van der Waals surface area (Å²) in [6, 6.07) is 5.96. The zero-order valence-electron chi connectivity index (χ0n) is 10.6. The van der Waals surface area contributed by atoms with E-state index in [0.717, 1.165) is 11.5 Å². The van der Waals surface area contributed by atoms with Crippen LogP contribution in [0.25, 0.3) is 0 Å². The summed E-state index contributed by atoms with van der Waals surface area (Å²) in [5, 5.41) is 0.622. The van der Waals surface area contributed by atoms with E-state index < -0.39 is 11.1 Å². The molecule has 1 N–H and O–H groups in total. The fourth-order valence-corrected chi connectivity index (χ4v) is 3.86. The van der Waals surface area contributed by atoms with E-state index in [-0.39, 0.29) is 5.75 Å². The van der Waals surface area contributed by atoms with Crippen molar-refractivity contribution in [2.75, 3.05) is 0 Å². The average Bonchev–Trinajstić information content (AvgIpc) is 2.79. The van der Waals surface area contributed by atoms with Gasteiger partial charge in [-0.3, -0.25) is 0 Å². The molecule has 1 aliphatic rings. The molecule has 2 nitrogen and oxygen atoms in total. The molecule has 1 aliphatic carbocycles. The number of halogens is 1. The Labute approximate surface area is 116 Å². The predicted molar refractivity (Wildman–Crippen MR) is 76.3 cm³/mol. The van der Waals surface area contributed by atoms with Gasteiger partial charge in [-0.05, 0) is 41.9 Å². The highest BCUT2D eigenvalue weighted by molar-refractivity contribution is 7.78. The Bertz CT molecular complexity index is 447. The van der Waals surface area contributed by atoms with Crippen molar-refractivity contribution in [3.05, 3.63) is 34.3 Å². The first-order valence-electron chi connectivity index (χ1n) is 6.47. The molecule has 0 bridgehead atoms. The lowest BCUT2D eigenvalue weighted by Crippen LogP contribution is -2.05. The van der Waals surface area contributed by atoms with Crippen molar-refractivity contribution < 1.29 is 8.76 Å². The molecule has 0 amide bonds. The zero-order valence-corrected chi connectivity index (χ0v) is 12.1. The quantitative estimate of drug-likeness (QED) is 0.835. The van der Waals surface area contributed by atoms with Gasteiger partial charge in [0.15, 0.2) is 11.1 Å². The second-order valence-electron chi connectivity index (χ2n) is 5.02. The van der Waals surface area contributed by atoms with Crippen molar-refractivity contribution in [1.29, 1.82) is 0 Å². The van der Waals surface area contributed by atoms with Crippen molar-refractivity contribution in [2.24, 2.45) is 5.92 Å². The fraction of sp³-hybridized carbons (Fsp3) is 0.571. The van der Waals surface area contributed by atoms with Crippen molar-refractivity contribution >= 4 is 22.7 Å². The van der Waals surface area contributed by atoms with Gasteiger partial charge < -0.3 is 4.55 Å². The van der Waals surface area contributed by atoms with Gasteiger partial charge >= 0.3 is 0 Å². The fourth-order valence-electron chi connectivity index (χ4n) is 3.01. The van der Waals surface area contributed by atoms with Gasteiger partial charge in [-0.25, -0.2) is 4.21 Å². The number of benzene rings is 1. The standard InChI is InChI=1S/C14H19ClO2S/c1-2-10-4-3-5-13(10)11-6-7-12(9-18(16)17)14(15)8-11/h6-8,10,13H,2-5,9H2,1H3,(H,16,17). The van der Waals surface area contributed by atoms with Crippen LogP contribution >= 0.6 is 11.6 Å². The minimum absolute atomic E-state index is 0.112. The van der Waals surface area contributed by atoms with Gasteiger partial charge in [0.05, 0.1) is 5.75 Å². The Hall–Kier alpha value is -0.380. The second-order valence-corrected chi connectivity index (χ2v) is 6.36. The smallest absolute Gasteiger partial charge is 0.157 e. The van der Waals surface area contributed by atoms with Crippen molar-refractivity contribution in [3.63, 3.8) is 0 Å². The molecule has 0 radical (unpaired) electrons. The van der Waals surface area contributed by atoms with Crippen LogP contribution in [0.4, 0.5) is 0 Å². The summed E-state index contributed by atoms with van der Waals surface area (Å²) in [5.41, 5.74) is 2.05. The lowest BCUT2D eigenvalue weighted by molar-refractivity contribution is 0.469. The van der Waals surface area contributed by atoms with Crippen LogP contribution in [0, 0.1) is 5.92 Å². The summed E-state index contributed by atoms with van der Waals surface area (Å²) in [6.07, 6.45) is 5.05. The summed E-state index contributed by atoms with van der Waals surface area (Å²) in [4.78, 5) is 0. The molecule has 1 saturated carbocycles. The molecule has 18 heavy (non-hydrogen) atoms. The van der Waals surface area contributed by atoms with Crippen molar-refractivity contribution in [2.45, 2.75) is 44.3 Å². The Morgan fingerprint density at radius 3 is 2.83 bits per heavy atom. The summed E-state index contributed by atoms with van der Waals surface area (Å²) in [5.74, 6) is 1.49. The molecule has 0 aromatic heterocycles. The molecule has 1 aromatic rings. The summed E-state index contributed by atoms with van der Waals surface area (Å²) in [6.45, 7) is 2.24. The van der Waals surface area contributed by atoms with Crippen LogP contribution in [0.2, 0.25) is 5.02 Å². The lowest BCUT2D eigenvalue weighted by Gasteiger charge is -2.19. The van der Waals surface area contributed by atoms with Crippen LogP contribution in [0.1, 0.15) is 49.7 Å². The van der Waals surface area contributed by atoms with E-state index in [9.17, 15) is 4.21 Å². The van der Waals surface area contributed by atoms with E-state index in [1.807, 2.05) is 12.1 Å². The minimum atomic E-state index is -1.83. The maximum atomic E-state index is 10.8. The molecule has 1 fully saturated rings. The van der Waals surface area contributed by atoms with Crippen LogP contribution in [-0.2, 0) is 16.8 Å². The van der Waals surface area contributed by atoms with Gasteiger partial charge in [-0.15, -0.1) is 0 Å². The van der Waals surface area contributed by atoms with Crippen molar-refractivity contribution in [1.82, 2.24) is 0 Å². The summed E-state index contributed by atoms with van der Waals surface area (Å²) >= 11 is 4.37. The van der Waals surface area contributed by atoms with Gasteiger partial charge in [0.2, 0.25) is 0 Å². The SMILES string of the molecule is CCC1CCCC1c1ccc(CS(=O)O)c(Cl)c1. The summed E-state index contributed by atoms with van der Waals surface area (Å²) < 4.78 is 19.7. The molecule has 1 aromatic carbocycles. The lowest BCUT2D eigenvalue weighted by atomic mass is 9.87. The highest BCUT2D eigenvalue weighted by atomic mass is 35.5. The Balaban J connectivity index is 2.20. The van der Waals surface area contributed by atoms with E-state index in [0.29, 0.717) is 10.9 Å². The molecule has 3 atom stereocenters. The number of rotatable bonds is 4. The molecule has 2 rings (SSSR count). The van der Waals surface area contributed by atoms with E-state index in [4.69, 9.17) is 16.2 Å². The number of hydrogen-bond acceptors (Lipinski definition) is 1. The largest absolute Gasteiger partial charge is 0.306 e. The maximum Gasteiger partial charge on any atom is 0.157 e. The van der Waals surface area contributed by atoms with Crippen LogP contribution in [0.3, 0.4) is 0 Å². The van der Waals surface area contributed by atoms with E-state index in [2.05, 4.69) is 13.0 Å². The highest BCUT2D eigenvalue weighted by Crippen LogP contribution is 2.42. The zero-order chi connectivity index (χ0) is 13.1. The van der Waals surface area contributed by atoms with Crippen LogP contribution in [0.15, 0.2) is 18.2 Å². The van der Waals surface area contributed by atoms with Gasteiger partial charge in [0, 0.05) is 5.02 Å². The van der Waals surface area contributed by atoms with Gasteiger partial charge in [0.25, 0.3) is 0 Å². The Morgan fingerprint density at radius 1 is 1.44 bits per heavy atom. The predicted octanol–water partition coefficient (Wildman–Crippen LogP) is 4.36. The highest BCUT2D eigenvalue weighted by Gasteiger charge is 2.27.